The summed E-state index contributed by atoms with van der Waals surface area (Å²) in [5.74, 6) is 0. The van der Waals surface area contributed by atoms with Gasteiger partial charge in [0.1, 0.15) is 0 Å². The zero-order valence-electron chi connectivity index (χ0n) is 5.68. The van der Waals surface area contributed by atoms with Crippen LogP contribution in [0, 0.1) is 0 Å². The van der Waals surface area contributed by atoms with Crippen LogP contribution >= 0.6 is 45.2 Å². The molecule has 0 heterocycles. The third-order valence-electron chi connectivity index (χ3n) is 0.801. The van der Waals surface area contributed by atoms with E-state index in [2.05, 4.69) is 45.2 Å². The van der Waals surface area contributed by atoms with Crippen molar-refractivity contribution in [3.8, 4) is 0 Å². The van der Waals surface area contributed by atoms with Gasteiger partial charge in [0.05, 0.1) is 12.7 Å². The van der Waals surface area contributed by atoms with E-state index in [9.17, 15) is 0 Å². The molecule has 0 amide bonds. The van der Waals surface area contributed by atoms with Gasteiger partial charge in [-0.05, 0) is 52.1 Å². The van der Waals surface area contributed by atoms with Gasteiger partial charge in [0.2, 0.25) is 0 Å². The second kappa shape index (κ2) is 5.07. The Morgan fingerprint density at radius 3 is 2.50 bits per heavy atom. The first kappa shape index (κ1) is 11.3. The molecule has 5 heteroatoms. The number of alkyl halides is 2. The summed E-state index contributed by atoms with van der Waals surface area (Å²) in [6, 6.07) is 0. The second-order valence-corrected chi connectivity index (χ2v) is 8.19. The summed E-state index contributed by atoms with van der Waals surface area (Å²) in [6.45, 7) is 2.47. The molecular formula is C5H11I2NO2. The SMILES string of the molecule is CC(I)(I)OCC(O)CN. The maximum Gasteiger partial charge on any atom is 0.167 e. The van der Waals surface area contributed by atoms with E-state index < -0.39 is 6.10 Å². The number of nitrogens with two attached hydrogens (primary N) is 1. The fraction of sp³-hybridized carbons (Fsp3) is 1.00. The molecule has 0 aliphatic carbocycles. The molecule has 0 saturated heterocycles. The fourth-order valence-corrected chi connectivity index (χ4v) is 0.670. The van der Waals surface area contributed by atoms with Crippen LogP contribution in [0.1, 0.15) is 6.92 Å². The molecule has 1 atom stereocenters. The Morgan fingerprint density at radius 2 is 2.20 bits per heavy atom. The van der Waals surface area contributed by atoms with E-state index in [1.807, 2.05) is 6.92 Å². The van der Waals surface area contributed by atoms with Gasteiger partial charge >= 0.3 is 0 Å². The van der Waals surface area contributed by atoms with Gasteiger partial charge in [-0.1, -0.05) is 0 Å². The van der Waals surface area contributed by atoms with Crippen LogP contribution in [0.15, 0.2) is 0 Å². The van der Waals surface area contributed by atoms with Crippen molar-refractivity contribution in [2.45, 2.75) is 14.6 Å². The Labute approximate surface area is 88.0 Å². The highest BCUT2D eigenvalue weighted by Gasteiger charge is 2.16. The zero-order chi connectivity index (χ0) is 8.20. The third kappa shape index (κ3) is 7.45. The van der Waals surface area contributed by atoms with Crippen LogP contribution in [0.5, 0.6) is 0 Å². The quantitative estimate of drug-likeness (QED) is 0.570. The average Bonchev–Trinajstić information content (AvgIpc) is 1.81. The van der Waals surface area contributed by atoms with E-state index >= 15 is 0 Å². The number of hydrogen-bond donors (Lipinski definition) is 2. The highest BCUT2D eigenvalue weighted by Crippen LogP contribution is 2.27. The van der Waals surface area contributed by atoms with Gasteiger partial charge in [-0.3, -0.25) is 0 Å². The molecule has 0 aromatic rings. The lowest BCUT2D eigenvalue weighted by atomic mass is 10.4. The number of rotatable bonds is 4. The Balaban J connectivity index is 3.36. The van der Waals surface area contributed by atoms with Crippen molar-refractivity contribution in [3.05, 3.63) is 0 Å². The van der Waals surface area contributed by atoms with Gasteiger partial charge in [-0.25, -0.2) is 0 Å². The molecule has 0 spiro atoms. The first-order valence-corrected chi connectivity index (χ1v) is 5.01. The summed E-state index contributed by atoms with van der Waals surface area (Å²) in [4.78, 5) is 0. The summed E-state index contributed by atoms with van der Waals surface area (Å²) in [7, 11) is 0. The van der Waals surface area contributed by atoms with E-state index in [1.54, 1.807) is 0 Å². The summed E-state index contributed by atoms with van der Waals surface area (Å²) >= 11 is 4.28. The fourth-order valence-electron chi connectivity index (χ4n) is 0.311. The Bertz CT molecular complexity index is 94.1. The molecule has 0 aliphatic rings. The Hall–Kier alpha value is 1.34. The number of hydrogen-bond acceptors (Lipinski definition) is 3. The van der Waals surface area contributed by atoms with Crippen LogP contribution < -0.4 is 5.73 Å². The van der Waals surface area contributed by atoms with Crippen LogP contribution in [0.2, 0.25) is 0 Å². The van der Waals surface area contributed by atoms with Crippen molar-refractivity contribution >= 4 is 45.2 Å². The third-order valence-corrected chi connectivity index (χ3v) is 1.42. The van der Waals surface area contributed by atoms with Gasteiger partial charge in [-0.2, -0.15) is 0 Å². The molecule has 3 nitrogen and oxygen atoms in total. The van der Waals surface area contributed by atoms with E-state index in [-0.39, 0.29) is 8.16 Å². The molecule has 1 unspecified atom stereocenters. The molecule has 0 saturated carbocycles. The molecule has 0 fully saturated rings. The van der Waals surface area contributed by atoms with Crippen molar-refractivity contribution in [1.29, 1.82) is 0 Å². The average molecular weight is 371 g/mol. The van der Waals surface area contributed by atoms with Crippen molar-refractivity contribution < 1.29 is 9.84 Å². The Morgan fingerprint density at radius 1 is 1.70 bits per heavy atom. The smallest absolute Gasteiger partial charge is 0.167 e. The largest absolute Gasteiger partial charge is 0.389 e. The molecule has 62 valence electrons. The predicted molar refractivity (Wildman–Crippen MR) is 57.5 cm³/mol. The highest BCUT2D eigenvalue weighted by atomic mass is 127. The molecular weight excluding hydrogens is 360 g/mol. The summed E-state index contributed by atoms with van der Waals surface area (Å²) < 4.78 is 4.98. The van der Waals surface area contributed by atoms with Crippen molar-refractivity contribution in [2.24, 2.45) is 5.73 Å². The van der Waals surface area contributed by atoms with Crippen molar-refractivity contribution in [3.63, 3.8) is 0 Å². The highest BCUT2D eigenvalue weighted by molar-refractivity contribution is 14.2. The maximum atomic E-state index is 8.96. The molecule has 3 N–H and O–H groups in total. The molecule has 10 heavy (non-hydrogen) atoms. The molecule has 0 radical (unpaired) electrons. The first-order chi connectivity index (χ1) is 4.45. The topological polar surface area (TPSA) is 55.5 Å². The molecule has 0 aromatic heterocycles. The number of aliphatic hydroxyl groups is 1. The summed E-state index contributed by atoms with van der Waals surface area (Å²) in [6.07, 6.45) is -0.538. The summed E-state index contributed by atoms with van der Waals surface area (Å²) in [5.41, 5.74) is 5.17. The van der Waals surface area contributed by atoms with E-state index in [1.165, 1.54) is 0 Å². The monoisotopic (exact) mass is 371 g/mol. The number of aliphatic hydroxyl groups excluding tert-OH is 1. The second-order valence-electron chi connectivity index (χ2n) is 2.01. The summed E-state index contributed by atoms with van der Waals surface area (Å²) in [5, 5.41) is 8.96. The van der Waals surface area contributed by atoms with Crippen LogP contribution in [0.3, 0.4) is 0 Å². The van der Waals surface area contributed by atoms with E-state index in [0.717, 1.165) is 0 Å². The van der Waals surface area contributed by atoms with Gasteiger partial charge in [0, 0.05) is 6.54 Å². The lowest BCUT2D eigenvalue weighted by molar-refractivity contribution is 0.0349. The predicted octanol–water partition coefficient (Wildman–Crippen LogP) is 0.866. The van der Waals surface area contributed by atoms with Crippen LogP contribution in [0.25, 0.3) is 0 Å². The molecule has 0 rings (SSSR count). The minimum absolute atomic E-state index is 0.244. The number of ether oxygens (including phenoxy) is 1. The van der Waals surface area contributed by atoms with Gasteiger partial charge in [-0.15, -0.1) is 0 Å². The lowest BCUT2D eigenvalue weighted by Gasteiger charge is -2.17. The number of halogens is 2. The molecule has 0 aliphatic heterocycles. The standard InChI is InChI=1S/C5H11I2NO2/c1-5(6,7)10-3-4(9)2-8/h4,9H,2-3,8H2,1H3. The maximum absolute atomic E-state index is 8.96. The van der Waals surface area contributed by atoms with Gasteiger partial charge in [0.25, 0.3) is 0 Å². The van der Waals surface area contributed by atoms with Crippen molar-refractivity contribution in [2.75, 3.05) is 13.2 Å². The van der Waals surface area contributed by atoms with Crippen LogP contribution in [-0.2, 0) is 4.74 Å². The van der Waals surface area contributed by atoms with E-state index in [0.29, 0.717) is 6.61 Å². The lowest BCUT2D eigenvalue weighted by Crippen LogP contribution is -2.28. The van der Waals surface area contributed by atoms with Gasteiger partial charge < -0.3 is 15.6 Å². The minimum atomic E-state index is -0.538. The van der Waals surface area contributed by atoms with Crippen LogP contribution in [0.4, 0.5) is 0 Å². The normalized spacial score (nSPS) is 15.3. The molecule has 0 bridgehead atoms. The zero-order valence-corrected chi connectivity index (χ0v) is 10.00. The Kier molecular flexibility index (Phi) is 5.75. The minimum Gasteiger partial charge on any atom is -0.389 e. The van der Waals surface area contributed by atoms with Crippen molar-refractivity contribution in [1.82, 2.24) is 0 Å². The van der Waals surface area contributed by atoms with Crippen LogP contribution in [-0.4, -0.2) is 26.0 Å². The van der Waals surface area contributed by atoms with Gasteiger partial charge in [0.15, 0.2) is 1.61 Å². The van der Waals surface area contributed by atoms with E-state index in [4.69, 9.17) is 15.6 Å². The first-order valence-electron chi connectivity index (χ1n) is 2.85. The molecule has 0 aromatic carbocycles.